The molecule has 0 bridgehead atoms. The van der Waals surface area contributed by atoms with Gasteiger partial charge in [-0.2, -0.15) is 0 Å². The summed E-state index contributed by atoms with van der Waals surface area (Å²) >= 11 is 0. The van der Waals surface area contributed by atoms with Crippen LogP contribution >= 0.6 is 0 Å². The van der Waals surface area contributed by atoms with E-state index in [2.05, 4.69) is 5.32 Å². The van der Waals surface area contributed by atoms with Crippen molar-refractivity contribution in [2.75, 3.05) is 14.1 Å². The molecule has 1 N–H and O–H groups in total. The van der Waals surface area contributed by atoms with E-state index in [9.17, 15) is 14.4 Å². The highest BCUT2D eigenvalue weighted by Gasteiger charge is 2.41. The zero-order chi connectivity index (χ0) is 14.7. The SMILES string of the molecule is CCC(C)N1C(=O)CC(NC(C)C(=O)N(C)C)C1=O. The Morgan fingerprint density at radius 2 is 2.00 bits per heavy atom. The van der Waals surface area contributed by atoms with Crippen molar-refractivity contribution in [2.45, 2.75) is 51.7 Å². The van der Waals surface area contributed by atoms with Crippen LogP contribution in [0.3, 0.4) is 0 Å². The first kappa shape index (κ1) is 15.6. The maximum Gasteiger partial charge on any atom is 0.247 e. The van der Waals surface area contributed by atoms with E-state index in [1.54, 1.807) is 21.0 Å². The molecule has 3 amide bonds. The van der Waals surface area contributed by atoms with Gasteiger partial charge < -0.3 is 4.90 Å². The van der Waals surface area contributed by atoms with E-state index in [0.717, 1.165) is 6.42 Å². The zero-order valence-corrected chi connectivity index (χ0v) is 12.3. The minimum absolute atomic E-state index is 0.0911. The molecule has 6 heteroatoms. The van der Waals surface area contributed by atoms with Crippen LogP contribution in [0.4, 0.5) is 0 Å². The Morgan fingerprint density at radius 3 is 2.47 bits per heavy atom. The lowest BCUT2D eigenvalue weighted by Crippen LogP contribution is -2.49. The summed E-state index contributed by atoms with van der Waals surface area (Å²) in [5, 5.41) is 2.95. The van der Waals surface area contributed by atoms with E-state index >= 15 is 0 Å². The van der Waals surface area contributed by atoms with Gasteiger partial charge in [0, 0.05) is 20.1 Å². The minimum Gasteiger partial charge on any atom is -0.347 e. The normalized spacial score (nSPS) is 22.6. The Labute approximate surface area is 114 Å². The van der Waals surface area contributed by atoms with Gasteiger partial charge in [-0.05, 0) is 20.3 Å². The van der Waals surface area contributed by atoms with Crippen molar-refractivity contribution in [1.82, 2.24) is 15.1 Å². The summed E-state index contributed by atoms with van der Waals surface area (Å²) in [5.74, 6) is -0.499. The lowest BCUT2D eigenvalue weighted by atomic mass is 10.2. The Kier molecular flexibility index (Phi) is 5.05. The van der Waals surface area contributed by atoms with Crippen LogP contribution in [-0.2, 0) is 14.4 Å². The summed E-state index contributed by atoms with van der Waals surface area (Å²) in [4.78, 5) is 38.5. The lowest BCUT2D eigenvalue weighted by molar-refractivity contribution is -0.141. The van der Waals surface area contributed by atoms with Crippen molar-refractivity contribution in [3.8, 4) is 0 Å². The van der Waals surface area contributed by atoms with Gasteiger partial charge in [-0.25, -0.2) is 0 Å². The quantitative estimate of drug-likeness (QED) is 0.712. The number of hydrogen-bond acceptors (Lipinski definition) is 4. The number of amides is 3. The number of imide groups is 1. The van der Waals surface area contributed by atoms with Crippen LogP contribution in [0.2, 0.25) is 0 Å². The second kappa shape index (κ2) is 6.14. The highest BCUT2D eigenvalue weighted by Crippen LogP contribution is 2.18. The van der Waals surface area contributed by atoms with Gasteiger partial charge in [0.05, 0.1) is 18.5 Å². The summed E-state index contributed by atoms with van der Waals surface area (Å²) < 4.78 is 0. The van der Waals surface area contributed by atoms with Gasteiger partial charge in [-0.3, -0.25) is 24.6 Å². The van der Waals surface area contributed by atoms with Crippen LogP contribution in [0.25, 0.3) is 0 Å². The fourth-order valence-corrected chi connectivity index (χ4v) is 2.19. The van der Waals surface area contributed by atoms with Crippen molar-refractivity contribution in [3.05, 3.63) is 0 Å². The van der Waals surface area contributed by atoms with E-state index in [1.165, 1.54) is 9.80 Å². The summed E-state index contributed by atoms with van der Waals surface area (Å²) in [6.45, 7) is 5.49. The molecule has 1 aliphatic rings. The molecule has 3 atom stereocenters. The van der Waals surface area contributed by atoms with Crippen molar-refractivity contribution < 1.29 is 14.4 Å². The van der Waals surface area contributed by atoms with E-state index in [-0.39, 0.29) is 30.2 Å². The topological polar surface area (TPSA) is 69.7 Å². The first-order valence-electron chi connectivity index (χ1n) is 6.62. The van der Waals surface area contributed by atoms with Crippen molar-refractivity contribution in [1.29, 1.82) is 0 Å². The number of nitrogens with zero attached hydrogens (tertiary/aromatic N) is 2. The second-order valence-corrected chi connectivity index (χ2v) is 5.24. The molecule has 0 aliphatic carbocycles. The van der Waals surface area contributed by atoms with E-state index in [1.807, 2.05) is 13.8 Å². The maximum absolute atomic E-state index is 12.2. The fraction of sp³-hybridized carbons (Fsp3) is 0.769. The van der Waals surface area contributed by atoms with Crippen LogP contribution < -0.4 is 5.32 Å². The third-order valence-electron chi connectivity index (χ3n) is 3.48. The summed E-state index contributed by atoms with van der Waals surface area (Å²) in [7, 11) is 3.32. The number of likely N-dealkylation sites (N-methyl/N-ethyl adjacent to an activating group) is 1. The number of carbonyl (C=O) groups excluding carboxylic acids is 3. The molecule has 1 saturated heterocycles. The standard InChI is InChI=1S/C13H23N3O3/c1-6-8(2)16-11(17)7-10(13(16)19)14-9(3)12(18)15(4)5/h8-10,14H,6-7H2,1-5H3. The molecular weight excluding hydrogens is 246 g/mol. The van der Waals surface area contributed by atoms with E-state index in [0.29, 0.717) is 0 Å². The Bertz CT molecular complexity index is 381. The molecule has 0 saturated carbocycles. The van der Waals surface area contributed by atoms with Gasteiger partial charge in [0.1, 0.15) is 0 Å². The molecule has 0 aromatic heterocycles. The highest BCUT2D eigenvalue weighted by molar-refractivity contribution is 6.06. The fourth-order valence-electron chi connectivity index (χ4n) is 2.19. The average molecular weight is 269 g/mol. The van der Waals surface area contributed by atoms with Crippen molar-refractivity contribution >= 4 is 17.7 Å². The first-order valence-corrected chi connectivity index (χ1v) is 6.62. The zero-order valence-electron chi connectivity index (χ0n) is 12.3. The second-order valence-electron chi connectivity index (χ2n) is 5.24. The van der Waals surface area contributed by atoms with Gasteiger partial charge in [-0.1, -0.05) is 6.92 Å². The number of carbonyl (C=O) groups is 3. The maximum atomic E-state index is 12.2. The Balaban J connectivity index is 2.70. The van der Waals surface area contributed by atoms with Gasteiger partial charge >= 0.3 is 0 Å². The van der Waals surface area contributed by atoms with Crippen LogP contribution in [0.5, 0.6) is 0 Å². The van der Waals surface area contributed by atoms with Crippen molar-refractivity contribution in [2.24, 2.45) is 0 Å². The van der Waals surface area contributed by atoms with Crippen LogP contribution in [0.15, 0.2) is 0 Å². The molecule has 108 valence electrons. The Morgan fingerprint density at radius 1 is 1.42 bits per heavy atom. The highest BCUT2D eigenvalue weighted by atomic mass is 16.2. The number of hydrogen-bond donors (Lipinski definition) is 1. The molecule has 1 heterocycles. The summed E-state index contributed by atoms with van der Waals surface area (Å²) in [5.41, 5.74) is 0. The molecule has 0 aromatic rings. The molecular formula is C13H23N3O3. The molecule has 0 spiro atoms. The molecule has 3 unspecified atom stereocenters. The first-order chi connectivity index (χ1) is 8.79. The predicted molar refractivity (Wildman–Crippen MR) is 71.3 cm³/mol. The third kappa shape index (κ3) is 3.32. The molecule has 1 aliphatic heterocycles. The van der Waals surface area contributed by atoms with Crippen LogP contribution in [0.1, 0.15) is 33.6 Å². The third-order valence-corrected chi connectivity index (χ3v) is 3.48. The molecule has 1 fully saturated rings. The largest absolute Gasteiger partial charge is 0.347 e. The van der Waals surface area contributed by atoms with Gasteiger partial charge in [0.25, 0.3) is 0 Å². The number of likely N-dealkylation sites (tertiary alicyclic amines) is 1. The number of nitrogens with one attached hydrogen (secondary N) is 1. The lowest BCUT2D eigenvalue weighted by Gasteiger charge is -2.23. The predicted octanol–water partition coefficient (Wildman–Crippen LogP) is -0.0213. The van der Waals surface area contributed by atoms with E-state index < -0.39 is 12.1 Å². The molecule has 19 heavy (non-hydrogen) atoms. The number of rotatable bonds is 5. The van der Waals surface area contributed by atoms with Crippen molar-refractivity contribution in [3.63, 3.8) is 0 Å². The van der Waals surface area contributed by atoms with Crippen LogP contribution in [-0.4, -0.2) is 59.7 Å². The summed E-state index contributed by atoms with van der Waals surface area (Å²) in [6.07, 6.45) is 0.866. The van der Waals surface area contributed by atoms with Gasteiger partial charge in [-0.15, -0.1) is 0 Å². The van der Waals surface area contributed by atoms with Crippen LogP contribution in [0, 0.1) is 0 Å². The minimum atomic E-state index is -0.583. The average Bonchev–Trinajstić information content (AvgIpc) is 2.62. The molecule has 0 aromatic carbocycles. The van der Waals surface area contributed by atoms with Gasteiger partial charge in [0.2, 0.25) is 17.7 Å². The summed E-state index contributed by atoms with van der Waals surface area (Å²) in [6, 6.07) is -1.15. The molecule has 6 nitrogen and oxygen atoms in total. The van der Waals surface area contributed by atoms with Gasteiger partial charge in [0.15, 0.2) is 0 Å². The molecule has 1 rings (SSSR count). The monoisotopic (exact) mass is 269 g/mol. The Hall–Kier alpha value is -1.43. The molecule has 0 radical (unpaired) electrons. The smallest absolute Gasteiger partial charge is 0.247 e. The van der Waals surface area contributed by atoms with E-state index in [4.69, 9.17) is 0 Å².